The first-order chi connectivity index (χ1) is 11.8. The van der Waals surface area contributed by atoms with Gasteiger partial charge in [-0.3, -0.25) is 5.10 Å². The zero-order valence-electron chi connectivity index (χ0n) is 13.2. The van der Waals surface area contributed by atoms with Crippen LogP contribution >= 0.6 is 0 Å². The highest BCUT2D eigenvalue weighted by molar-refractivity contribution is 5.73. The first kappa shape index (κ1) is 14.9. The van der Waals surface area contributed by atoms with Crippen molar-refractivity contribution in [1.29, 1.82) is 0 Å². The highest BCUT2D eigenvalue weighted by Crippen LogP contribution is 2.22. The number of halogens is 1. The van der Waals surface area contributed by atoms with Gasteiger partial charge in [0, 0.05) is 25.2 Å². The van der Waals surface area contributed by atoms with Gasteiger partial charge in [0.15, 0.2) is 5.65 Å². The fraction of sp³-hybridized carbons (Fsp3) is 0.353. The molecule has 3 aromatic rings. The summed E-state index contributed by atoms with van der Waals surface area (Å²) >= 11 is 0. The summed E-state index contributed by atoms with van der Waals surface area (Å²) in [5, 5.41) is 7.77. The minimum Gasteiger partial charge on any atom is -0.493 e. The maximum Gasteiger partial charge on any atom is 0.227 e. The molecule has 0 aliphatic carbocycles. The Morgan fingerprint density at radius 3 is 3.00 bits per heavy atom. The summed E-state index contributed by atoms with van der Waals surface area (Å²) in [5.74, 6) is 1.56. The summed E-state index contributed by atoms with van der Waals surface area (Å²) in [6, 6.07) is 6.14. The van der Waals surface area contributed by atoms with Crippen LogP contribution in [-0.2, 0) is 0 Å². The van der Waals surface area contributed by atoms with Crippen LogP contribution in [0.2, 0.25) is 0 Å². The monoisotopic (exact) mass is 327 g/mol. The number of rotatable bonds is 4. The lowest BCUT2D eigenvalue weighted by molar-refractivity contribution is 0.228. The molecule has 0 amide bonds. The second-order valence-corrected chi connectivity index (χ2v) is 6.06. The smallest absolute Gasteiger partial charge is 0.227 e. The van der Waals surface area contributed by atoms with Crippen LogP contribution in [0.1, 0.15) is 12.8 Å². The van der Waals surface area contributed by atoms with Gasteiger partial charge in [-0.2, -0.15) is 10.1 Å². The molecule has 1 fully saturated rings. The molecule has 2 aromatic heterocycles. The predicted molar refractivity (Wildman–Crippen MR) is 88.5 cm³/mol. The number of H-pyrrole nitrogens is 1. The van der Waals surface area contributed by atoms with E-state index in [1.807, 2.05) is 0 Å². The lowest BCUT2D eigenvalue weighted by atomic mass is 9.99. The van der Waals surface area contributed by atoms with Gasteiger partial charge >= 0.3 is 0 Å². The fourth-order valence-corrected chi connectivity index (χ4v) is 3.01. The molecule has 0 bridgehead atoms. The minimum atomic E-state index is -0.252. The number of nitrogens with zero attached hydrogens (tertiary/aromatic N) is 4. The van der Waals surface area contributed by atoms with E-state index >= 15 is 0 Å². The van der Waals surface area contributed by atoms with Crippen LogP contribution in [0.3, 0.4) is 0 Å². The third-order valence-corrected chi connectivity index (χ3v) is 4.28. The fourth-order valence-electron chi connectivity index (χ4n) is 3.01. The Balaban J connectivity index is 1.40. The van der Waals surface area contributed by atoms with Crippen molar-refractivity contribution in [3.8, 4) is 5.75 Å². The standard InChI is InChI=1S/C17H18FN5O/c18-14-3-5-15(6-4-14)24-11-12-2-1-7-23(10-12)17-19-8-13-9-20-22-16(13)21-17/h3-6,8-9,12H,1-2,7,10-11H2,(H,19,20,21,22). The van der Waals surface area contributed by atoms with Gasteiger partial charge in [-0.05, 0) is 37.1 Å². The number of aromatic nitrogens is 4. The van der Waals surface area contributed by atoms with Crippen LogP contribution in [0.25, 0.3) is 11.0 Å². The molecule has 7 heteroatoms. The SMILES string of the molecule is Fc1ccc(OCC2CCCN(c3ncc4cn[nH]c4n3)C2)cc1. The zero-order valence-corrected chi connectivity index (χ0v) is 13.2. The maximum atomic E-state index is 12.9. The molecule has 3 heterocycles. The van der Waals surface area contributed by atoms with Crippen molar-refractivity contribution < 1.29 is 9.13 Å². The molecule has 0 radical (unpaired) electrons. The van der Waals surface area contributed by atoms with Gasteiger partial charge < -0.3 is 9.64 Å². The van der Waals surface area contributed by atoms with Gasteiger partial charge in [-0.15, -0.1) is 0 Å². The van der Waals surface area contributed by atoms with E-state index in [2.05, 4.69) is 25.1 Å². The van der Waals surface area contributed by atoms with Gasteiger partial charge in [0.2, 0.25) is 5.95 Å². The number of piperidine rings is 1. The molecular weight excluding hydrogens is 309 g/mol. The van der Waals surface area contributed by atoms with Gasteiger partial charge in [0.1, 0.15) is 11.6 Å². The molecule has 1 saturated heterocycles. The highest BCUT2D eigenvalue weighted by Gasteiger charge is 2.22. The number of anilines is 1. The summed E-state index contributed by atoms with van der Waals surface area (Å²) in [7, 11) is 0. The van der Waals surface area contributed by atoms with Crippen LogP contribution in [0, 0.1) is 11.7 Å². The molecule has 1 aromatic carbocycles. The van der Waals surface area contributed by atoms with Crippen LogP contribution < -0.4 is 9.64 Å². The Labute approximate surface area is 138 Å². The Hall–Kier alpha value is -2.70. The second-order valence-electron chi connectivity index (χ2n) is 6.06. The number of hydrogen-bond acceptors (Lipinski definition) is 5. The summed E-state index contributed by atoms with van der Waals surface area (Å²) < 4.78 is 18.7. The van der Waals surface area contributed by atoms with E-state index < -0.39 is 0 Å². The predicted octanol–water partition coefficient (Wildman–Crippen LogP) is 2.79. The molecule has 1 atom stereocenters. The Morgan fingerprint density at radius 1 is 1.25 bits per heavy atom. The summed E-state index contributed by atoms with van der Waals surface area (Å²) in [4.78, 5) is 11.2. The summed E-state index contributed by atoms with van der Waals surface area (Å²) in [6.45, 7) is 2.39. The lowest BCUT2D eigenvalue weighted by Gasteiger charge is -2.32. The van der Waals surface area contributed by atoms with E-state index in [1.165, 1.54) is 12.1 Å². The van der Waals surface area contributed by atoms with E-state index in [4.69, 9.17) is 4.74 Å². The number of fused-ring (bicyclic) bond motifs is 1. The molecule has 0 saturated carbocycles. The van der Waals surface area contributed by atoms with Gasteiger partial charge in [-0.1, -0.05) is 0 Å². The Morgan fingerprint density at radius 2 is 2.12 bits per heavy atom. The van der Waals surface area contributed by atoms with Crippen molar-refractivity contribution in [2.75, 3.05) is 24.6 Å². The van der Waals surface area contributed by atoms with Crippen LogP contribution in [0.15, 0.2) is 36.7 Å². The normalized spacial score (nSPS) is 18.0. The van der Waals surface area contributed by atoms with E-state index in [-0.39, 0.29) is 5.82 Å². The molecule has 124 valence electrons. The average molecular weight is 327 g/mol. The van der Waals surface area contributed by atoms with Crippen molar-refractivity contribution >= 4 is 17.0 Å². The highest BCUT2D eigenvalue weighted by atomic mass is 19.1. The van der Waals surface area contributed by atoms with Crippen molar-refractivity contribution in [3.05, 3.63) is 42.5 Å². The first-order valence-electron chi connectivity index (χ1n) is 8.07. The minimum absolute atomic E-state index is 0.252. The maximum absolute atomic E-state index is 12.9. The molecule has 1 aliphatic heterocycles. The van der Waals surface area contributed by atoms with E-state index in [0.717, 1.165) is 42.9 Å². The third kappa shape index (κ3) is 3.15. The van der Waals surface area contributed by atoms with Gasteiger partial charge in [0.25, 0.3) is 0 Å². The van der Waals surface area contributed by atoms with Crippen molar-refractivity contribution in [1.82, 2.24) is 20.2 Å². The van der Waals surface area contributed by atoms with Gasteiger partial charge in [-0.25, -0.2) is 9.37 Å². The lowest BCUT2D eigenvalue weighted by Crippen LogP contribution is -2.38. The summed E-state index contributed by atoms with van der Waals surface area (Å²) in [6.07, 6.45) is 5.68. The average Bonchev–Trinajstić information content (AvgIpc) is 3.09. The van der Waals surface area contributed by atoms with E-state index in [1.54, 1.807) is 24.5 Å². The number of aromatic amines is 1. The molecule has 1 N–H and O–H groups in total. The summed E-state index contributed by atoms with van der Waals surface area (Å²) in [5.41, 5.74) is 0.754. The van der Waals surface area contributed by atoms with Crippen molar-refractivity contribution in [2.24, 2.45) is 5.92 Å². The number of nitrogens with one attached hydrogen (secondary N) is 1. The second kappa shape index (κ2) is 6.43. The molecule has 0 spiro atoms. The van der Waals surface area contributed by atoms with Crippen molar-refractivity contribution in [2.45, 2.75) is 12.8 Å². The number of hydrogen-bond donors (Lipinski definition) is 1. The third-order valence-electron chi connectivity index (χ3n) is 4.28. The number of ether oxygens (including phenoxy) is 1. The van der Waals surface area contributed by atoms with Crippen LogP contribution in [0.5, 0.6) is 5.75 Å². The molecule has 4 rings (SSSR count). The van der Waals surface area contributed by atoms with Gasteiger partial charge in [0.05, 0.1) is 18.2 Å². The molecular formula is C17H18FN5O. The topological polar surface area (TPSA) is 66.9 Å². The largest absolute Gasteiger partial charge is 0.493 e. The molecule has 24 heavy (non-hydrogen) atoms. The Kier molecular flexibility index (Phi) is 3.98. The van der Waals surface area contributed by atoms with Crippen LogP contribution in [-0.4, -0.2) is 39.9 Å². The first-order valence-corrected chi connectivity index (χ1v) is 8.07. The Bertz CT molecular complexity index is 819. The quantitative estimate of drug-likeness (QED) is 0.798. The molecule has 6 nitrogen and oxygen atoms in total. The van der Waals surface area contributed by atoms with E-state index in [0.29, 0.717) is 18.3 Å². The van der Waals surface area contributed by atoms with E-state index in [9.17, 15) is 4.39 Å². The van der Waals surface area contributed by atoms with Crippen LogP contribution in [0.4, 0.5) is 10.3 Å². The van der Waals surface area contributed by atoms with Crippen molar-refractivity contribution in [3.63, 3.8) is 0 Å². The number of benzene rings is 1. The zero-order chi connectivity index (χ0) is 16.4. The molecule has 1 aliphatic rings. The molecule has 1 unspecified atom stereocenters.